The molecule has 0 spiro atoms. The summed E-state index contributed by atoms with van der Waals surface area (Å²) in [4.78, 5) is 29.6. The molecular weight excluding hydrogens is 224 g/mol. The highest BCUT2D eigenvalue weighted by molar-refractivity contribution is 5.92. The highest BCUT2D eigenvalue weighted by atomic mass is 16.7. The molecule has 0 aromatic heterocycles. The number of hydrogen-bond donors (Lipinski definition) is 1. The van der Waals surface area contributed by atoms with Gasteiger partial charge in [-0.3, -0.25) is 14.5 Å². The topological polar surface area (TPSA) is 70.1 Å². The average molecular weight is 244 g/mol. The zero-order chi connectivity index (χ0) is 13.4. The largest absolute Gasteiger partial charge is 0.465 e. The number of amides is 2. The van der Waals surface area contributed by atoms with Crippen LogP contribution >= 0.6 is 0 Å². The molecule has 0 unspecified atom stereocenters. The normalized spacial score (nSPS) is 17.5. The number of hydroxylamine groups is 2. The second-order valence-corrected chi connectivity index (χ2v) is 5.31. The van der Waals surface area contributed by atoms with Gasteiger partial charge in [0.1, 0.15) is 5.54 Å². The molecule has 0 atom stereocenters. The van der Waals surface area contributed by atoms with Gasteiger partial charge in [0.05, 0.1) is 7.11 Å². The molecule has 0 bridgehead atoms. The van der Waals surface area contributed by atoms with Crippen LogP contribution in [0.15, 0.2) is 0 Å². The molecular formula is C11H20N2O4. The predicted molar refractivity (Wildman–Crippen MR) is 61.4 cm³/mol. The third-order valence-corrected chi connectivity index (χ3v) is 2.97. The first kappa shape index (κ1) is 13.8. The van der Waals surface area contributed by atoms with Gasteiger partial charge < -0.3 is 5.11 Å². The van der Waals surface area contributed by atoms with Crippen molar-refractivity contribution in [2.45, 2.75) is 44.7 Å². The lowest BCUT2D eigenvalue weighted by Crippen LogP contribution is -2.58. The number of nitrogens with zero attached hydrogens (tertiary/aromatic N) is 2. The van der Waals surface area contributed by atoms with Gasteiger partial charge in [-0.15, -0.1) is 0 Å². The second-order valence-electron chi connectivity index (χ2n) is 5.31. The van der Waals surface area contributed by atoms with Crippen LogP contribution < -0.4 is 0 Å². The number of likely N-dealkylation sites (N-methyl/N-ethyl adjacent to an activating group) is 1. The van der Waals surface area contributed by atoms with Gasteiger partial charge in [0.2, 0.25) is 0 Å². The summed E-state index contributed by atoms with van der Waals surface area (Å²) < 4.78 is 0. The van der Waals surface area contributed by atoms with Crippen molar-refractivity contribution >= 4 is 12.0 Å². The maximum Gasteiger partial charge on any atom is 0.408 e. The van der Waals surface area contributed by atoms with E-state index in [-0.39, 0.29) is 5.91 Å². The summed E-state index contributed by atoms with van der Waals surface area (Å²) in [6, 6.07) is 0. The Morgan fingerprint density at radius 1 is 1.29 bits per heavy atom. The second kappa shape index (κ2) is 4.18. The van der Waals surface area contributed by atoms with Crippen molar-refractivity contribution in [3.8, 4) is 0 Å². The lowest BCUT2D eigenvalue weighted by atomic mass is 10.0. The van der Waals surface area contributed by atoms with Crippen LogP contribution in [0.25, 0.3) is 0 Å². The first-order valence-corrected chi connectivity index (χ1v) is 5.52. The first-order chi connectivity index (χ1) is 7.66. The van der Waals surface area contributed by atoms with Crippen LogP contribution in [-0.4, -0.2) is 52.3 Å². The third-order valence-electron chi connectivity index (χ3n) is 2.97. The molecule has 0 heterocycles. The standard InChI is InChI=1S/C11H20N2O4/c1-10(2,3)13(9(15)16)11(6-7-11)8(14)12(4)17-5/h6-7H2,1-5H3,(H,15,16). The number of hydrogen-bond acceptors (Lipinski definition) is 3. The van der Waals surface area contributed by atoms with Gasteiger partial charge in [-0.2, -0.15) is 0 Å². The molecule has 0 saturated heterocycles. The van der Waals surface area contributed by atoms with Gasteiger partial charge in [-0.05, 0) is 33.6 Å². The van der Waals surface area contributed by atoms with Crippen LogP contribution in [0.1, 0.15) is 33.6 Å². The van der Waals surface area contributed by atoms with E-state index in [1.54, 1.807) is 20.8 Å². The lowest BCUT2D eigenvalue weighted by Gasteiger charge is -2.40. The highest BCUT2D eigenvalue weighted by Gasteiger charge is 2.60. The van der Waals surface area contributed by atoms with E-state index >= 15 is 0 Å². The average Bonchev–Trinajstić information content (AvgIpc) is 2.94. The zero-order valence-electron chi connectivity index (χ0n) is 11.0. The van der Waals surface area contributed by atoms with Crippen LogP contribution in [0.5, 0.6) is 0 Å². The van der Waals surface area contributed by atoms with Gasteiger partial charge in [0.15, 0.2) is 0 Å². The molecule has 1 rings (SSSR count). The molecule has 0 aliphatic heterocycles. The minimum Gasteiger partial charge on any atom is -0.465 e. The maximum atomic E-state index is 12.1. The third kappa shape index (κ3) is 2.36. The fourth-order valence-corrected chi connectivity index (χ4v) is 2.14. The summed E-state index contributed by atoms with van der Waals surface area (Å²) >= 11 is 0. The maximum absolute atomic E-state index is 12.1. The molecule has 6 heteroatoms. The Balaban J connectivity index is 3.03. The molecule has 1 aliphatic carbocycles. The summed E-state index contributed by atoms with van der Waals surface area (Å²) in [6.07, 6.45) is 0.0134. The van der Waals surface area contributed by atoms with Crippen LogP contribution in [-0.2, 0) is 9.63 Å². The fraction of sp³-hybridized carbons (Fsp3) is 0.818. The van der Waals surface area contributed by atoms with Gasteiger partial charge in [0, 0.05) is 12.6 Å². The Morgan fingerprint density at radius 2 is 1.76 bits per heavy atom. The molecule has 1 saturated carbocycles. The zero-order valence-corrected chi connectivity index (χ0v) is 11.0. The first-order valence-electron chi connectivity index (χ1n) is 5.52. The molecule has 0 aromatic carbocycles. The Labute approximate surface area is 101 Å². The summed E-state index contributed by atoms with van der Waals surface area (Å²) in [5.74, 6) is -0.308. The SMILES string of the molecule is CON(C)C(=O)C1(N(C(=O)O)C(C)(C)C)CC1. The van der Waals surface area contributed by atoms with E-state index in [1.165, 1.54) is 19.1 Å². The van der Waals surface area contributed by atoms with Gasteiger partial charge in [0.25, 0.3) is 5.91 Å². The molecule has 0 radical (unpaired) electrons. The van der Waals surface area contributed by atoms with Gasteiger partial charge in [-0.25, -0.2) is 9.86 Å². The van der Waals surface area contributed by atoms with Gasteiger partial charge in [-0.1, -0.05) is 0 Å². The van der Waals surface area contributed by atoms with E-state index in [9.17, 15) is 14.7 Å². The van der Waals surface area contributed by atoms with Crippen molar-refractivity contribution in [3.63, 3.8) is 0 Å². The van der Waals surface area contributed by atoms with E-state index in [0.717, 1.165) is 5.06 Å². The van der Waals surface area contributed by atoms with E-state index in [4.69, 9.17) is 4.84 Å². The number of rotatable bonds is 3. The van der Waals surface area contributed by atoms with Gasteiger partial charge >= 0.3 is 6.09 Å². The Bertz CT molecular complexity index is 331. The van der Waals surface area contributed by atoms with Crippen molar-refractivity contribution < 1.29 is 19.5 Å². The summed E-state index contributed by atoms with van der Waals surface area (Å²) in [5.41, 5.74) is -1.57. The monoisotopic (exact) mass is 244 g/mol. The molecule has 1 fully saturated rings. The minimum absolute atomic E-state index is 0.308. The summed E-state index contributed by atoms with van der Waals surface area (Å²) in [6.45, 7) is 5.34. The van der Waals surface area contributed by atoms with E-state index < -0.39 is 17.2 Å². The molecule has 0 aromatic rings. The molecule has 2 amide bonds. The molecule has 6 nitrogen and oxygen atoms in total. The Hall–Kier alpha value is -1.30. The van der Waals surface area contributed by atoms with E-state index in [0.29, 0.717) is 12.8 Å². The minimum atomic E-state index is -1.08. The van der Waals surface area contributed by atoms with Crippen molar-refractivity contribution in [2.75, 3.05) is 14.2 Å². The number of carboxylic acid groups (broad SMARTS) is 1. The van der Waals surface area contributed by atoms with E-state index in [1.807, 2.05) is 0 Å². The number of carbonyl (C=O) groups is 2. The molecule has 17 heavy (non-hydrogen) atoms. The molecule has 98 valence electrons. The van der Waals surface area contributed by atoms with E-state index in [2.05, 4.69) is 0 Å². The fourth-order valence-electron chi connectivity index (χ4n) is 2.14. The van der Waals surface area contributed by atoms with Crippen molar-refractivity contribution in [3.05, 3.63) is 0 Å². The molecule has 1 aliphatic rings. The van der Waals surface area contributed by atoms with Crippen molar-refractivity contribution in [1.29, 1.82) is 0 Å². The van der Waals surface area contributed by atoms with Crippen molar-refractivity contribution in [1.82, 2.24) is 9.96 Å². The van der Waals surface area contributed by atoms with Crippen LogP contribution in [0.4, 0.5) is 4.79 Å². The molecule has 1 N–H and O–H groups in total. The quantitative estimate of drug-likeness (QED) is 0.760. The van der Waals surface area contributed by atoms with Crippen LogP contribution in [0.3, 0.4) is 0 Å². The Morgan fingerprint density at radius 3 is 2.00 bits per heavy atom. The van der Waals surface area contributed by atoms with Crippen LogP contribution in [0.2, 0.25) is 0 Å². The predicted octanol–water partition coefficient (Wildman–Crippen LogP) is 1.32. The van der Waals surface area contributed by atoms with Crippen LogP contribution in [0, 0.1) is 0 Å². The summed E-state index contributed by atoms with van der Waals surface area (Å²) in [7, 11) is 2.88. The highest BCUT2D eigenvalue weighted by Crippen LogP contribution is 2.46. The van der Waals surface area contributed by atoms with Crippen molar-refractivity contribution in [2.24, 2.45) is 0 Å². The summed E-state index contributed by atoms with van der Waals surface area (Å²) in [5, 5.41) is 10.4. The smallest absolute Gasteiger partial charge is 0.408 e. The lowest BCUT2D eigenvalue weighted by molar-refractivity contribution is -0.177. The Kier molecular flexibility index (Phi) is 3.38. The number of carbonyl (C=O) groups excluding carboxylic acids is 1.